The van der Waals surface area contributed by atoms with Gasteiger partial charge in [0.15, 0.2) is 0 Å². The molecule has 0 saturated heterocycles. The molecule has 0 N–H and O–H groups in total. The Morgan fingerprint density at radius 2 is 2.21 bits per heavy atom. The maximum atomic E-state index is 8.48. The van der Waals surface area contributed by atoms with E-state index in [0.717, 1.165) is 23.3 Å². The predicted octanol–water partition coefficient (Wildman–Crippen LogP) is 2.71. The van der Waals surface area contributed by atoms with Crippen molar-refractivity contribution in [1.29, 1.82) is 5.26 Å². The monoisotopic (exact) mass is 187 g/mol. The lowest BCUT2D eigenvalue weighted by molar-refractivity contribution is 0.410. The van der Waals surface area contributed by atoms with Crippen molar-refractivity contribution in [3.63, 3.8) is 0 Å². The second-order valence-corrected chi connectivity index (χ2v) is 3.11. The van der Waals surface area contributed by atoms with Crippen molar-refractivity contribution in [2.24, 2.45) is 0 Å². The summed E-state index contributed by atoms with van der Waals surface area (Å²) in [4.78, 5) is 0. The SMILES string of the molecule is COc1ccccc1CC(C)=CC#N. The van der Waals surface area contributed by atoms with Gasteiger partial charge in [-0.05, 0) is 25.0 Å². The molecule has 72 valence electrons. The van der Waals surface area contributed by atoms with Crippen molar-refractivity contribution >= 4 is 0 Å². The molecule has 0 saturated carbocycles. The summed E-state index contributed by atoms with van der Waals surface area (Å²) in [5.41, 5.74) is 2.15. The van der Waals surface area contributed by atoms with E-state index in [4.69, 9.17) is 10.00 Å². The molecule has 0 aliphatic carbocycles. The van der Waals surface area contributed by atoms with Crippen LogP contribution in [0, 0.1) is 11.3 Å². The molecule has 0 aromatic heterocycles. The summed E-state index contributed by atoms with van der Waals surface area (Å²) in [5.74, 6) is 0.873. The smallest absolute Gasteiger partial charge is 0.122 e. The molecule has 0 fully saturated rings. The molecule has 2 nitrogen and oxygen atoms in total. The van der Waals surface area contributed by atoms with Crippen LogP contribution in [0.3, 0.4) is 0 Å². The number of methoxy groups -OCH3 is 1. The van der Waals surface area contributed by atoms with Gasteiger partial charge in [0.05, 0.1) is 13.2 Å². The number of para-hydroxylation sites is 1. The summed E-state index contributed by atoms with van der Waals surface area (Å²) in [6.45, 7) is 1.94. The standard InChI is InChI=1S/C12H13NO/c1-10(7-8-13)9-11-5-3-4-6-12(11)14-2/h3-7H,9H2,1-2H3. The Balaban J connectivity index is 2.87. The highest BCUT2D eigenvalue weighted by molar-refractivity contribution is 5.36. The first kappa shape index (κ1) is 10.3. The summed E-state index contributed by atoms with van der Waals surface area (Å²) < 4.78 is 5.21. The van der Waals surface area contributed by atoms with Gasteiger partial charge in [0.2, 0.25) is 0 Å². The third kappa shape index (κ3) is 2.63. The fourth-order valence-corrected chi connectivity index (χ4v) is 1.31. The number of hydrogen-bond donors (Lipinski definition) is 0. The molecule has 1 rings (SSSR count). The van der Waals surface area contributed by atoms with Gasteiger partial charge in [-0.3, -0.25) is 0 Å². The van der Waals surface area contributed by atoms with Crippen LogP contribution in [0.5, 0.6) is 5.75 Å². The van der Waals surface area contributed by atoms with Gasteiger partial charge in [0.25, 0.3) is 0 Å². The molecule has 0 aliphatic rings. The zero-order valence-corrected chi connectivity index (χ0v) is 8.45. The highest BCUT2D eigenvalue weighted by Gasteiger charge is 2.01. The van der Waals surface area contributed by atoms with Crippen molar-refractivity contribution < 1.29 is 4.74 Å². The first-order valence-corrected chi connectivity index (χ1v) is 4.45. The van der Waals surface area contributed by atoms with Crippen LogP contribution in [0.25, 0.3) is 0 Å². The molecule has 1 aromatic rings. The normalized spacial score (nSPS) is 10.8. The summed E-state index contributed by atoms with van der Waals surface area (Å²) in [6.07, 6.45) is 2.32. The molecule has 0 heterocycles. The van der Waals surface area contributed by atoms with E-state index in [9.17, 15) is 0 Å². The van der Waals surface area contributed by atoms with Crippen molar-refractivity contribution in [1.82, 2.24) is 0 Å². The summed E-state index contributed by atoms with van der Waals surface area (Å²) in [5, 5.41) is 8.48. The first-order valence-electron chi connectivity index (χ1n) is 4.45. The zero-order valence-electron chi connectivity index (χ0n) is 8.45. The maximum absolute atomic E-state index is 8.48. The lowest BCUT2D eigenvalue weighted by Crippen LogP contribution is -1.92. The topological polar surface area (TPSA) is 33.0 Å². The molecule has 2 heteroatoms. The molecule has 1 aromatic carbocycles. The zero-order chi connectivity index (χ0) is 10.4. The van der Waals surface area contributed by atoms with Gasteiger partial charge in [0.1, 0.15) is 5.75 Å². The van der Waals surface area contributed by atoms with Crippen LogP contribution in [0.1, 0.15) is 12.5 Å². The Kier molecular flexibility index (Phi) is 3.75. The van der Waals surface area contributed by atoms with Gasteiger partial charge in [-0.15, -0.1) is 0 Å². The van der Waals surface area contributed by atoms with Gasteiger partial charge in [-0.1, -0.05) is 23.8 Å². The van der Waals surface area contributed by atoms with Crippen molar-refractivity contribution in [3.05, 3.63) is 41.5 Å². The number of nitrogens with zero attached hydrogens (tertiary/aromatic N) is 1. The minimum Gasteiger partial charge on any atom is -0.496 e. The van der Waals surface area contributed by atoms with Crippen LogP contribution >= 0.6 is 0 Å². The van der Waals surface area contributed by atoms with Crippen LogP contribution in [-0.2, 0) is 6.42 Å². The van der Waals surface area contributed by atoms with E-state index in [1.807, 2.05) is 37.3 Å². The van der Waals surface area contributed by atoms with Crippen molar-refractivity contribution in [3.8, 4) is 11.8 Å². The van der Waals surface area contributed by atoms with E-state index in [-0.39, 0.29) is 0 Å². The average Bonchev–Trinajstić information content (AvgIpc) is 2.19. The molecular weight excluding hydrogens is 174 g/mol. The molecule has 14 heavy (non-hydrogen) atoms. The Morgan fingerprint density at radius 3 is 2.86 bits per heavy atom. The second-order valence-electron chi connectivity index (χ2n) is 3.11. The van der Waals surface area contributed by atoms with Crippen molar-refractivity contribution in [2.75, 3.05) is 7.11 Å². The van der Waals surface area contributed by atoms with E-state index < -0.39 is 0 Å². The van der Waals surface area contributed by atoms with E-state index in [0.29, 0.717) is 0 Å². The molecule has 0 aliphatic heterocycles. The minimum absolute atomic E-state index is 0.761. The van der Waals surface area contributed by atoms with Gasteiger partial charge < -0.3 is 4.74 Å². The summed E-state index contributed by atoms with van der Waals surface area (Å²) >= 11 is 0. The quantitative estimate of drug-likeness (QED) is 0.681. The minimum atomic E-state index is 0.761. The molecule has 0 amide bonds. The fourth-order valence-electron chi connectivity index (χ4n) is 1.31. The maximum Gasteiger partial charge on any atom is 0.122 e. The Labute approximate surface area is 84.4 Å². The average molecular weight is 187 g/mol. The van der Waals surface area contributed by atoms with E-state index >= 15 is 0 Å². The molecule has 0 radical (unpaired) electrons. The largest absolute Gasteiger partial charge is 0.496 e. The molecule has 0 unspecified atom stereocenters. The van der Waals surface area contributed by atoms with Crippen LogP contribution in [0.4, 0.5) is 0 Å². The Hall–Kier alpha value is -1.75. The van der Waals surface area contributed by atoms with Gasteiger partial charge >= 0.3 is 0 Å². The third-order valence-corrected chi connectivity index (χ3v) is 1.97. The number of hydrogen-bond acceptors (Lipinski definition) is 2. The highest BCUT2D eigenvalue weighted by Crippen LogP contribution is 2.20. The molecule has 0 bridgehead atoms. The second kappa shape index (κ2) is 5.08. The van der Waals surface area contributed by atoms with Gasteiger partial charge in [-0.2, -0.15) is 5.26 Å². The molecule has 0 atom stereocenters. The number of nitriles is 1. The van der Waals surface area contributed by atoms with Crippen LogP contribution in [-0.4, -0.2) is 7.11 Å². The fraction of sp³-hybridized carbons (Fsp3) is 0.250. The van der Waals surface area contributed by atoms with Crippen molar-refractivity contribution in [2.45, 2.75) is 13.3 Å². The van der Waals surface area contributed by atoms with Gasteiger partial charge in [0, 0.05) is 6.08 Å². The Morgan fingerprint density at radius 1 is 1.50 bits per heavy atom. The highest BCUT2D eigenvalue weighted by atomic mass is 16.5. The van der Waals surface area contributed by atoms with E-state index in [2.05, 4.69) is 0 Å². The number of ether oxygens (including phenoxy) is 1. The first-order chi connectivity index (χ1) is 6.77. The van der Waals surface area contributed by atoms with Crippen LogP contribution in [0.2, 0.25) is 0 Å². The predicted molar refractivity (Wildman–Crippen MR) is 56.1 cm³/mol. The van der Waals surface area contributed by atoms with Crippen LogP contribution < -0.4 is 4.74 Å². The number of rotatable bonds is 3. The van der Waals surface area contributed by atoms with E-state index in [1.165, 1.54) is 0 Å². The summed E-state index contributed by atoms with van der Waals surface area (Å²) in [7, 11) is 1.65. The lowest BCUT2D eigenvalue weighted by Gasteiger charge is -2.07. The molecule has 0 spiro atoms. The Bertz CT molecular complexity index is 374. The summed E-state index contributed by atoms with van der Waals surface area (Å²) in [6, 6.07) is 9.86. The van der Waals surface area contributed by atoms with Gasteiger partial charge in [-0.25, -0.2) is 0 Å². The lowest BCUT2D eigenvalue weighted by atomic mass is 10.1. The van der Waals surface area contributed by atoms with Crippen LogP contribution in [0.15, 0.2) is 35.9 Å². The number of allylic oxidation sites excluding steroid dienone is 2. The molecular formula is C12H13NO. The van der Waals surface area contributed by atoms with E-state index in [1.54, 1.807) is 13.2 Å². The third-order valence-electron chi connectivity index (χ3n) is 1.97. The number of benzene rings is 1.